The molecule has 6 nitrogen and oxygen atoms in total. The molecule has 138 valence electrons. The molecule has 0 atom stereocenters. The fraction of sp³-hybridized carbons (Fsp3) is 0.500. The van der Waals surface area contributed by atoms with Crippen molar-refractivity contribution >= 4 is 29.9 Å². The Morgan fingerprint density at radius 3 is 2.76 bits per heavy atom. The number of guanidine groups is 1. The van der Waals surface area contributed by atoms with Crippen LogP contribution in [0, 0.1) is 0 Å². The predicted octanol–water partition coefficient (Wildman–Crippen LogP) is 3.52. The molecule has 0 fully saturated rings. The maximum Gasteiger partial charge on any atom is 0.191 e. The zero-order valence-corrected chi connectivity index (χ0v) is 17.4. The van der Waals surface area contributed by atoms with E-state index in [1.54, 1.807) is 17.1 Å². The van der Waals surface area contributed by atoms with Crippen molar-refractivity contribution in [2.75, 3.05) is 13.1 Å². The van der Waals surface area contributed by atoms with Crippen molar-refractivity contribution in [2.24, 2.45) is 4.99 Å². The van der Waals surface area contributed by atoms with Crippen molar-refractivity contribution < 1.29 is 0 Å². The van der Waals surface area contributed by atoms with E-state index in [0.717, 1.165) is 30.4 Å². The molecule has 0 aliphatic rings. The number of aromatic nitrogens is 3. The quantitative estimate of drug-likeness (QED) is 0.262. The van der Waals surface area contributed by atoms with E-state index >= 15 is 0 Å². The van der Waals surface area contributed by atoms with E-state index in [9.17, 15) is 0 Å². The van der Waals surface area contributed by atoms with Crippen LogP contribution in [0.5, 0.6) is 0 Å². The molecule has 7 heteroatoms. The highest BCUT2D eigenvalue weighted by Gasteiger charge is 2.01. The zero-order valence-electron chi connectivity index (χ0n) is 15.1. The molecule has 0 saturated carbocycles. The highest BCUT2D eigenvalue weighted by Crippen LogP contribution is 2.07. The Kier molecular flexibility index (Phi) is 10.9. The van der Waals surface area contributed by atoms with Crippen LogP contribution in [0.1, 0.15) is 45.1 Å². The molecule has 0 aliphatic heterocycles. The van der Waals surface area contributed by atoms with Crippen molar-refractivity contribution in [1.82, 2.24) is 25.4 Å². The van der Waals surface area contributed by atoms with Crippen LogP contribution in [0.4, 0.5) is 0 Å². The number of nitrogens with one attached hydrogen (secondary N) is 2. The first-order valence-corrected chi connectivity index (χ1v) is 8.80. The van der Waals surface area contributed by atoms with Gasteiger partial charge < -0.3 is 10.6 Å². The Labute approximate surface area is 167 Å². The van der Waals surface area contributed by atoms with Gasteiger partial charge in [0.05, 0.1) is 6.54 Å². The second-order valence-corrected chi connectivity index (χ2v) is 5.66. The van der Waals surface area contributed by atoms with E-state index < -0.39 is 0 Å². The number of rotatable bonds is 9. The first kappa shape index (κ1) is 21.4. The zero-order chi connectivity index (χ0) is 17.0. The summed E-state index contributed by atoms with van der Waals surface area (Å²) in [6, 6.07) is 5.89. The largest absolute Gasteiger partial charge is 0.357 e. The Balaban J connectivity index is 0.00000312. The lowest BCUT2D eigenvalue weighted by Crippen LogP contribution is -2.37. The second kappa shape index (κ2) is 12.7. The number of aliphatic imine (C=N–C) groups is 1. The molecule has 2 N–H and O–H groups in total. The summed E-state index contributed by atoms with van der Waals surface area (Å²) in [5.41, 5.74) is 1.11. The van der Waals surface area contributed by atoms with Crippen LogP contribution in [0.25, 0.3) is 5.82 Å². The van der Waals surface area contributed by atoms with Gasteiger partial charge in [-0.25, -0.2) is 14.7 Å². The third-order valence-electron chi connectivity index (χ3n) is 3.64. The Morgan fingerprint density at radius 1 is 1.16 bits per heavy atom. The van der Waals surface area contributed by atoms with E-state index in [2.05, 4.69) is 39.6 Å². The monoisotopic (exact) mass is 456 g/mol. The molecular formula is C18H29IN6. The summed E-state index contributed by atoms with van der Waals surface area (Å²) < 4.78 is 1.75. The summed E-state index contributed by atoms with van der Waals surface area (Å²) in [5.74, 6) is 1.68. The van der Waals surface area contributed by atoms with E-state index in [1.807, 2.05) is 24.4 Å². The molecule has 0 bridgehead atoms. The number of halogens is 1. The number of nitrogens with zero attached hydrogens (tertiary/aromatic N) is 4. The van der Waals surface area contributed by atoms with Crippen molar-refractivity contribution in [2.45, 2.75) is 46.1 Å². The Bertz CT molecular complexity index is 612. The molecule has 0 radical (unpaired) electrons. The third kappa shape index (κ3) is 7.85. The van der Waals surface area contributed by atoms with Gasteiger partial charge in [-0.2, -0.15) is 5.10 Å². The van der Waals surface area contributed by atoms with Crippen molar-refractivity contribution in [3.63, 3.8) is 0 Å². The smallest absolute Gasteiger partial charge is 0.191 e. The van der Waals surface area contributed by atoms with E-state index in [1.165, 1.54) is 25.7 Å². The molecule has 2 rings (SSSR count). The molecule has 2 aromatic rings. The lowest BCUT2D eigenvalue weighted by molar-refractivity contribution is 0.647. The molecule has 0 saturated heterocycles. The SMILES string of the molecule is CCCCCCNC(=NCc1ccnc(-n2cccn2)c1)NCC.I. The Morgan fingerprint density at radius 2 is 2.04 bits per heavy atom. The summed E-state index contributed by atoms with van der Waals surface area (Å²) in [5, 5.41) is 10.9. The highest BCUT2D eigenvalue weighted by atomic mass is 127. The maximum absolute atomic E-state index is 4.66. The molecule has 25 heavy (non-hydrogen) atoms. The predicted molar refractivity (Wildman–Crippen MR) is 114 cm³/mol. The summed E-state index contributed by atoms with van der Waals surface area (Å²) in [6.45, 7) is 6.74. The third-order valence-corrected chi connectivity index (χ3v) is 3.64. The summed E-state index contributed by atoms with van der Waals surface area (Å²) in [6.07, 6.45) is 10.4. The van der Waals surface area contributed by atoms with Gasteiger partial charge >= 0.3 is 0 Å². The van der Waals surface area contributed by atoms with E-state index in [-0.39, 0.29) is 24.0 Å². The van der Waals surface area contributed by atoms with Gasteiger partial charge in [-0.15, -0.1) is 24.0 Å². The molecule has 0 amide bonds. The van der Waals surface area contributed by atoms with Crippen molar-refractivity contribution in [1.29, 1.82) is 0 Å². The van der Waals surface area contributed by atoms with Gasteiger partial charge in [0.2, 0.25) is 0 Å². The second-order valence-electron chi connectivity index (χ2n) is 5.66. The minimum atomic E-state index is 0. The molecule has 0 spiro atoms. The Hall–Kier alpha value is -1.64. The molecule has 0 aliphatic carbocycles. The average Bonchev–Trinajstić information content (AvgIpc) is 3.14. The molecule has 2 heterocycles. The average molecular weight is 456 g/mol. The number of hydrogen-bond donors (Lipinski definition) is 2. The minimum Gasteiger partial charge on any atom is -0.357 e. The molecular weight excluding hydrogens is 427 g/mol. The molecule has 0 aromatic carbocycles. The topological polar surface area (TPSA) is 67.1 Å². The highest BCUT2D eigenvalue weighted by molar-refractivity contribution is 14.0. The first-order chi connectivity index (χ1) is 11.8. The van der Waals surface area contributed by atoms with E-state index in [0.29, 0.717) is 6.54 Å². The van der Waals surface area contributed by atoms with Crippen LogP contribution in [0.2, 0.25) is 0 Å². The summed E-state index contributed by atoms with van der Waals surface area (Å²) in [7, 11) is 0. The molecule has 0 unspecified atom stereocenters. The van der Waals surface area contributed by atoms with Crippen LogP contribution in [0.15, 0.2) is 41.8 Å². The fourth-order valence-corrected chi connectivity index (χ4v) is 2.36. The number of pyridine rings is 1. The van der Waals surface area contributed by atoms with Crippen LogP contribution >= 0.6 is 24.0 Å². The standard InChI is InChI=1S/C18H28N6.HI/c1-3-5-6-7-10-21-18(19-4-2)22-15-16-9-12-20-17(14-16)24-13-8-11-23-24;/h8-9,11-14H,3-7,10,15H2,1-2H3,(H2,19,21,22);1H. The van der Waals surface area contributed by atoms with Crippen LogP contribution < -0.4 is 10.6 Å². The lowest BCUT2D eigenvalue weighted by Gasteiger charge is -2.11. The fourth-order valence-electron chi connectivity index (χ4n) is 2.36. The van der Waals surface area contributed by atoms with Gasteiger partial charge in [0.1, 0.15) is 0 Å². The van der Waals surface area contributed by atoms with Crippen LogP contribution in [0.3, 0.4) is 0 Å². The van der Waals surface area contributed by atoms with Gasteiger partial charge in [0, 0.05) is 31.7 Å². The van der Waals surface area contributed by atoms with Gasteiger partial charge in [-0.3, -0.25) is 0 Å². The minimum absolute atomic E-state index is 0. The van der Waals surface area contributed by atoms with Crippen molar-refractivity contribution in [3.8, 4) is 5.82 Å². The summed E-state index contributed by atoms with van der Waals surface area (Å²) in [4.78, 5) is 9.01. The maximum atomic E-state index is 4.66. The van der Waals surface area contributed by atoms with Gasteiger partial charge in [-0.1, -0.05) is 26.2 Å². The number of unbranched alkanes of at least 4 members (excludes halogenated alkanes) is 3. The van der Waals surface area contributed by atoms with Crippen LogP contribution in [-0.2, 0) is 6.54 Å². The van der Waals surface area contributed by atoms with Gasteiger partial charge in [0.25, 0.3) is 0 Å². The van der Waals surface area contributed by atoms with Gasteiger partial charge in [-0.05, 0) is 37.1 Å². The van der Waals surface area contributed by atoms with Crippen molar-refractivity contribution in [3.05, 3.63) is 42.4 Å². The first-order valence-electron chi connectivity index (χ1n) is 8.80. The normalized spacial score (nSPS) is 11.0. The van der Waals surface area contributed by atoms with Gasteiger partial charge in [0.15, 0.2) is 11.8 Å². The lowest BCUT2D eigenvalue weighted by atomic mass is 10.2. The molecule has 2 aromatic heterocycles. The summed E-state index contributed by atoms with van der Waals surface area (Å²) >= 11 is 0. The van der Waals surface area contributed by atoms with E-state index in [4.69, 9.17) is 0 Å². The van der Waals surface area contributed by atoms with Crippen LogP contribution in [-0.4, -0.2) is 33.8 Å². The number of hydrogen-bond acceptors (Lipinski definition) is 3.